The van der Waals surface area contributed by atoms with Crippen LogP contribution in [0.2, 0.25) is 0 Å². The molecule has 0 aliphatic heterocycles. The van der Waals surface area contributed by atoms with Gasteiger partial charge in [0, 0.05) is 23.7 Å². The van der Waals surface area contributed by atoms with E-state index in [0.717, 1.165) is 43.4 Å². The van der Waals surface area contributed by atoms with Crippen LogP contribution >= 0.6 is 34.4 Å². The number of aromatic nitrogens is 3. The van der Waals surface area contributed by atoms with Crippen molar-refractivity contribution in [3.05, 3.63) is 64.7 Å². The summed E-state index contributed by atoms with van der Waals surface area (Å²) in [5, 5.41) is 15.1. The maximum absolute atomic E-state index is 12.4. The van der Waals surface area contributed by atoms with Gasteiger partial charge in [0.2, 0.25) is 11.0 Å². The van der Waals surface area contributed by atoms with Gasteiger partial charge in [-0.3, -0.25) is 9.69 Å². The quantitative estimate of drug-likeness (QED) is 0.284. The van der Waals surface area contributed by atoms with Gasteiger partial charge in [-0.15, -0.1) is 21.5 Å². The topological polar surface area (TPSA) is 80.2 Å². The van der Waals surface area contributed by atoms with Crippen LogP contribution in [0.25, 0.3) is 0 Å². The van der Waals surface area contributed by atoms with Crippen LogP contribution in [0.5, 0.6) is 5.75 Å². The van der Waals surface area contributed by atoms with Gasteiger partial charge in [0.15, 0.2) is 9.47 Å². The zero-order chi connectivity index (χ0) is 23.4. The Morgan fingerprint density at radius 3 is 2.64 bits per heavy atom. The first-order chi connectivity index (χ1) is 15.9. The number of ether oxygens (including phenoxy) is 1. The molecule has 4 aromatic rings. The highest BCUT2D eigenvalue weighted by atomic mass is 32.2. The summed E-state index contributed by atoms with van der Waals surface area (Å²) in [7, 11) is 1.64. The van der Waals surface area contributed by atoms with Crippen LogP contribution in [-0.4, -0.2) is 28.2 Å². The number of thiazole rings is 1. The lowest BCUT2D eigenvalue weighted by Crippen LogP contribution is -2.23. The number of aryl methyl sites for hydroxylation is 2. The van der Waals surface area contributed by atoms with Crippen LogP contribution in [0.4, 0.5) is 21.6 Å². The fraction of sp³-hybridized carbons (Fsp3) is 0.217. The molecule has 33 heavy (non-hydrogen) atoms. The van der Waals surface area contributed by atoms with Gasteiger partial charge in [-0.25, -0.2) is 4.98 Å². The van der Waals surface area contributed by atoms with E-state index < -0.39 is 0 Å². The Morgan fingerprint density at radius 1 is 1.15 bits per heavy atom. The van der Waals surface area contributed by atoms with Crippen LogP contribution in [0.3, 0.4) is 0 Å². The van der Waals surface area contributed by atoms with E-state index >= 15 is 0 Å². The number of amides is 1. The van der Waals surface area contributed by atoms with Crippen molar-refractivity contribution in [2.75, 3.05) is 17.3 Å². The minimum absolute atomic E-state index is 0.0612. The Kier molecular flexibility index (Phi) is 7.26. The number of thioether (sulfide) groups is 1. The van der Waals surface area contributed by atoms with Crippen LogP contribution in [0.15, 0.2) is 52.2 Å². The third kappa shape index (κ3) is 5.70. The predicted octanol–water partition coefficient (Wildman–Crippen LogP) is 6.34. The number of benzene rings is 2. The number of anilines is 4. The Morgan fingerprint density at radius 2 is 1.94 bits per heavy atom. The summed E-state index contributed by atoms with van der Waals surface area (Å²) >= 11 is 4.52. The first-order valence-electron chi connectivity index (χ1n) is 10.1. The molecule has 0 atom stereocenters. The molecule has 2 aromatic heterocycles. The molecule has 7 nitrogen and oxygen atoms in total. The van der Waals surface area contributed by atoms with E-state index in [1.165, 1.54) is 22.7 Å². The van der Waals surface area contributed by atoms with Crippen molar-refractivity contribution in [1.29, 1.82) is 0 Å². The van der Waals surface area contributed by atoms with Crippen molar-refractivity contribution < 1.29 is 9.53 Å². The van der Waals surface area contributed by atoms with Crippen molar-refractivity contribution in [3.8, 4) is 5.75 Å². The molecule has 170 valence electrons. The van der Waals surface area contributed by atoms with Gasteiger partial charge in [0.1, 0.15) is 5.75 Å². The van der Waals surface area contributed by atoms with E-state index in [1.807, 2.05) is 55.6 Å². The lowest BCUT2D eigenvalue weighted by atomic mass is 10.1. The maximum atomic E-state index is 12.4. The molecule has 0 bridgehead atoms. The van der Waals surface area contributed by atoms with E-state index in [0.29, 0.717) is 10.9 Å². The highest BCUT2D eigenvalue weighted by Gasteiger charge is 2.20. The third-order valence-electron chi connectivity index (χ3n) is 4.73. The van der Waals surface area contributed by atoms with Crippen molar-refractivity contribution >= 4 is 62.0 Å². The summed E-state index contributed by atoms with van der Waals surface area (Å²) in [6.07, 6.45) is 0. The number of carbonyl (C=O) groups is 1. The molecule has 2 aromatic carbocycles. The minimum atomic E-state index is -0.0612. The summed E-state index contributed by atoms with van der Waals surface area (Å²) < 4.78 is 6.03. The largest absolute Gasteiger partial charge is 0.497 e. The number of nitrogens with zero attached hydrogens (tertiary/aromatic N) is 4. The molecule has 2 heterocycles. The van der Waals surface area contributed by atoms with Crippen LogP contribution in [0.1, 0.15) is 23.7 Å². The summed E-state index contributed by atoms with van der Waals surface area (Å²) in [6.45, 7) is 5.61. The smallest absolute Gasteiger partial charge is 0.230 e. The minimum Gasteiger partial charge on any atom is -0.497 e. The molecule has 0 radical (unpaired) electrons. The molecular weight excluding hydrogens is 474 g/mol. The van der Waals surface area contributed by atoms with Gasteiger partial charge in [-0.05, 0) is 49.7 Å². The number of methoxy groups -OCH3 is 1. The van der Waals surface area contributed by atoms with Crippen LogP contribution in [-0.2, 0) is 10.5 Å². The fourth-order valence-electron chi connectivity index (χ4n) is 3.18. The number of hydrogen-bond acceptors (Lipinski definition) is 9. The van der Waals surface area contributed by atoms with Crippen molar-refractivity contribution in [3.63, 3.8) is 0 Å². The van der Waals surface area contributed by atoms with E-state index in [1.54, 1.807) is 30.7 Å². The van der Waals surface area contributed by atoms with Gasteiger partial charge >= 0.3 is 0 Å². The fourth-order valence-corrected chi connectivity index (χ4v) is 5.83. The van der Waals surface area contributed by atoms with E-state index in [-0.39, 0.29) is 5.91 Å². The second-order valence-corrected chi connectivity index (χ2v) is 10.3. The van der Waals surface area contributed by atoms with E-state index in [9.17, 15) is 4.79 Å². The molecule has 0 spiro atoms. The Bertz CT molecular complexity index is 1250. The molecule has 0 saturated heterocycles. The second kappa shape index (κ2) is 10.3. The Balaban J connectivity index is 1.41. The zero-order valence-corrected chi connectivity index (χ0v) is 21.1. The normalized spacial score (nSPS) is 10.8. The zero-order valence-electron chi connectivity index (χ0n) is 18.7. The summed E-state index contributed by atoms with van der Waals surface area (Å²) in [5.74, 6) is 1.39. The molecule has 0 fully saturated rings. The first kappa shape index (κ1) is 23.2. The van der Waals surface area contributed by atoms with Gasteiger partial charge < -0.3 is 10.1 Å². The number of nitrogens with one attached hydrogen (secondary N) is 1. The van der Waals surface area contributed by atoms with Crippen molar-refractivity contribution in [2.45, 2.75) is 30.9 Å². The van der Waals surface area contributed by atoms with Gasteiger partial charge in [-0.1, -0.05) is 40.8 Å². The molecule has 1 N–H and O–H groups in total. The molecule has 0 unspecified atom stereocenters. The van der Waals surface area contributed by atoms with Gasteiger partial charge in [0.25, 0.3) is 0 Å². The number of hydrogen-bond donors (Lipinski definition) is 1. The molecular formula is C23H23N5O2S3. The molecule has 0 aliphatic rings. The number of carbonyl (C=O) groups excluding carboxylic acids is 1. The standard InChI is InChI=1S/C23H23N5O2S3/c1-14-5-10-20(15(2)11-14)28(16(3)29)22-25-18(12-31-22)13-32-23-27-26-21(33-23)24-17-6-8-19(30-4)9-7-17/h5-12H,13H2,1-4H3,(H,24,26). The third-order valence-corrected chi connectivity index (χ3v) is 7.61. The maximum Gasteiger partial charge on any atom is 0.230 e. The average Bonchev–Trinajstić information content (AvgIpc) is 3.44. The second-order valence-electron chi connectivity index (χ2n) is 7.28. The molecule has 0 saturated carbocycles. The SMILES string of the molecule is COc1ccc(Nc2nnc(SCc3csc(N(C(C)=O)c4ccc(C)cc4C)n3)s2)cc1. The number of rotatable bonds is 8. The van der Waals surface area contributed by atoms with E-state index in [2.05, 4.69) is 21.6 Å². The highest BCUT2D eigenvalue weighted by molar-refractivity contribution is 8.00. The monoisotopic (exact) mass is 497 g/mol. The van der Waals surface area contributed by atoms with E-state index in [4.69, 9.17) is 9.72 Å². The first-order valence-corrected chi connectivity index (χ1v) is 12.8. The lowest BCUT2D eigenvalue weighted by Gasteiger charge is -2.20. The predicted molar refractivity (Wildman–Crippen MR) is 137 cm³/mol. The average molecular weight is 498 g/mol. The molecule has 0 aliphatic carbocycles. The Hall–Kier alpha value is -2.95. The van der Waals surface area contributed by atoms with Crippen molar-refractivity contribution in [1.82, 2.24) is 15.2 Å². The van der Waals surface area contributed by atoms with Crippen LogP contribution in [0, 0.1) is 13.8 Å². The Labute approximate surface area is 204 Å². The molecule has 1 amide bonds. The summed E-state index contributed by atoms with van der Waals surface area (Å²) in [6, 6.07) is 13.7. The van der Waals surface area contributed by atoms with Crippen LogP contribution < -0.4 is 15.0 Å². The summed E-state index contributed by atoms with van der Waals surface area (Å²) in [5.41, 5.74) is 4.88. The van der Waals surface area contributed by atoms with Gasteiger partial charge in [-0.2, -0.15) is 0 Å². The van der Waals surface area contributed by atoms with Gasteiger partial charge in [0.05, 0.1) is 18.5 Å². The lowest BCUT2D eigenvalue weighted by molar-refractivity contribution is -0.115. The van der Waals surface area contributed by atoms with Crippen molar-refractivity contribution in [2.24, 2.45) is 0 Å². The highest BCUT2D eigenvalue weighted by Crippen LogP contribution is 2.34. The molecule has 10 heteroatoms. The molecule has 4 rings (SSSR count). The summed E-state index contributed by atoms with van der Waals surface area (Å²) in [4.78, 5) is 18.8.